The zero-order valence-electron chi connectivity index (χ0n) is 16.7. The maximum absolute atomic E-state index is 12.3. The van der Waals surface area contributed by atoms with Crippen molar-refractivity contribution in [2.45, 2.75) is 26.3 Å². The molecule has 9 heteroatoms. The number of hydrogen-bond donors (Lipinski definition) is 1. The predicted molar refractivity (Wildman–Crippen MR) is 123 cm³/mol. The van der Waals surface area contributed by atoms with Crippen molar-refractivity contribution >= 4 is 54.7 Å². The minimum Gasteiger partial charge on any atom is -0.481 e. The SMILES string of the molecule is CCC(C)NC(=O)c1cc2ccc(OC(=O)COc3ccc(Br)cc3Br)cc2oc1=O. The van der Waals surface area contributed by atoms with Crippen LogP contribution in [0.2, 0.25) is 0 Å². The first-order valence-corrected chi connectivity index (χ1v) is 11.0. The van der Waals surface area contributed by atoms with Gasteiger partial charge in [0.1, 0.15) is 22.6 Å². The van der Waals surface area contributed by atoms with Gasteiger partial charge in [-0.25, -0.2) is 9.59 Å². The van der Waals surface area contributed by atoms with Crippen molar-refractivity contribution < 1.29 is 23.5 Å². The molecule has 1 N–H and O–H groups in total. The minimum atomic E-state index is -0.764. The molecule has 1 amide bonds. The van der Waals surface area contributed by atoms with Gasteiger partial charge in [-0.15, -0.1) is 0 Å². The van der Waals surface area contributed by atoms with Gasteiger partial charge in [0.25, 0.3) is 5.91 Å². The molecule has 2 aromatic carbocycles. The van der Waals surface area contributed by atoms with Crippen molar-refractivity contribution in [3.63, 3.8) is 0 Å². The van der Waals surface area contributed by atoms with E-state index < -0.39 is 17.5 Å². The largest absolute Gasteiger partial charge is 0.481 e. The molecule has 0 saturated heterocycles. The van der Waals surface area contributed by atoms with Crippen LogP contribution >= 0.6 is 31.9 Å². The molecule has 0 saturated carbocycles. The van der Waals surface area contributed by atoms with Crippen molar-refractivity contribution in [2.24, 2.45) is 0 Å². The highest BCUT2D eigenvalue weighted by Crippen LogP contribution is 2.28. The van der Waals surface area contributed by atoms with E-state index in [-0.39, 0.29) is 29.5 Å². The lowest BCUT2D eigenvalue weighted by Crippen LogP contribution is -2.34. The van der Waals surface area contributed by atoms with Crippen LogP contribution in [0.25, 0.3) is 11.0 Å². The van der Waals surface area contributed by atoms with Crippen LogP contribution in [0.4, 0.5) is 0 Å². The Morgan fingerprint density at radius 2 is 1.90 bits per heavy atom. The number of hydrogen-bond acceptors (Lipinski definition) is 6. The van der Waals surface area contributed by atoms with E-state index in [1.807, 2.05) is 13.8 Å². The lowest BCUT2D eigenvalue weighted by atomic mass is 10.1. The lowest BCUT2D eigenvalue weighted by Gasteiger charge is -2.11. The number of benzene rings is 2. The van der Waals surface area contributed by atoms with Crippen LogP contribution in [0.1, 0.15) is 30.6 Å². The third kappa shape index (κ3) is 5.95. The van der Waals surface area contributed by atoms with Gasteiger partial charge in [0, 0.05) is 22.0 Å². The summed E-state index contributed by atoms with van der Waals surface area (Å²) in [6.45, 7) is 3.47. The first kappa shape index (κ1) is 23.0. The molecule has 1 atom stereocenters. The molecule has 0 aliphatic rings. The van der Waals surface area contributed by atoms with Gasteiger partial charge in [-0.1, -0.05) is 22.9 Å². The zero-order valence-corrected chi connectivity index (χ0v) is 19.9. The van der Waals surface area contributed by atoms with E-state index in [9.17, 15) is 14.4 Å². The first-order valence-electron chi connectivity index (χ1n) is 9.44. The summed E-state index contributed by atoms with van der Waals surface area (Å²) in [5.74, 6) is -0.429. The molecule has 3 rings (SSSR count). The molecule has 3 aromatic rings. The number of esters is 1. The summed E-state index contributed by atoms with van der Waals surface area (Å²) >= 11 is 6.69. The van der Waals surface area contributed by atoms with Gasteiger partial charge >= 0.3 is 11.6 Å². The summed E-state index contributed by atoms with van der Waals surface area (Å²) in [6, 6.07) is 11.3. The second kappa shape index (κ2) is 10.1. The average molecular weight is 553 g/mol. The maximum Gasteiger partial charge on any atom is 0.349 e. The molecular weight excluding hydrogens is 534 g/mol. The quantitative estimate of drug-likeness (QED) is 0.256. The minimum absolute atomic E-state index is 0.0652. The predicted octanol–water partition coefficient (Wildman–Crippen LogP) is 4.83. The Hall–Kier alpha value is -2.65. The second-order valence-corrected chi connectivity index (χ2v) is 8.54. The number of carbonyl (C=O) groups excluding carboxylic acids is 2. The number of rotatable bonds is 7. The molecule has 7 nitrogen and oxygen atoms in total. The van der Waals surface area contributed by atoms with Gasteiger partial charge in [0.2, 0.25) is 0 Å². The van der Waals surface area contributed by atoms with Crippen LogP contribution in [0, 0.1) is 0 Å². The molecule has 0 spiro atoms. The summed E-state index contributed by atoms with van der Waals surface area (Å²) in [4.78, 5) is 36.6. The monoisotopic (exact) mass is 551 g/mol. The van der Waals surface area contributed by atoms with E-state index in [4.69, 9.17) is 13.9 Å². The third-order valence-corrected chi connectivity index (χ3v) is 5.53. The number of ether oxygens (including phenoxy) is 2. The molecular formula is C22H19Br2NO6. The van der Waals surface area contributed by atoms with Crippen molar-refractivity contribution in [2.75, 3.05) is 6.61 Å². The number of halogens is 2. The van der Waals surface area contributed by atoms with E-state index in [0.717, 1.165) is 10.9 Å². The fourth-order valence-electron chi connectivity index (χ4n) is 2.61. The van der Waals surface area contributed by atoms with Crippen LogP contribution in [-0.4, -0.2) is 24.5 Å². The number of carbonyl (C=O) groups is 2. The van der Waals surface area contributed by atoms with E-state index in [0.29, 0.717) is 15.6 Å². The summed E-state index contributed by atoms with van der Waals surface area (Å²) in [6.07, 6.45) is 0.738. The topological polar surface area (TPSA) is 94.8 Å². The highest BCUT2D eigenvalue weighted by molar-refractivity contribution is 9.11. The molecule has 0 fully saturated rings. The Morgan fingerprint density at radius 3 is 2.61 bits per heavy atom. The van der Waals surface area contributed by atoms with Gasteiger partial charge in [-0.2, -0.15) is 0 Å². The van der Waals surface area contributed by atoms with Gasteiger partial charge in [0.15, 0.2) is 6.61 Å². The smallest absolute Gasteiger partial charge is 0.349 e. The highest BCUT2D eigenvalue weighted by atomic mass is 79.9. The second-order valence-electron chi connectivity index (χ2n) is 6.77. The van der Waals surface area contributed by atoms with Gasteiger partial charge in [-0.3, -0.25) is 4.79 Å². The molecule has 1 unspecified atom stereocenters. The normalized spacial score (nSPS) is 11.7. The van der Waals surface area contributed by atoms with Gasteiger partial charge in [0.05, 0.1) is 4.47 Å². The molecule has 1 aromatic heterocycles. The number of nitrogens with one attached hydrogen (secondary N) is 1. The Morgan fingerprint density at radius 1 is 1.13 bits per heavy atom. The molecule has 0 aliphatic carbocycles. The van der Waals surface area contributed by atoms with Crippen LogP contribution in [0.5, 0.6) is 11.5 Å². The van der Waals surface area contributed by atoms with Crippen molar-refractivity contribution in [3.05, 3.63) is 67.4 Å². The first-order chi connectivity index (χ1) is 14.8. The molecule has 162 valence electrons. The number of fused-ring (bicyclic) bond motifs is 1. The summed E-state index contributed by atoms with van der Waals surface area (Å²) < 4.78 is 17.5. The van der Waals surface area contributed by atoms with E-state index in [2.05, 4.69) is 37.2 Å². The van der Waals surface area contributed by atoms with E-state index >= 15 is 0 Å². The van der Waals surface area contributed by atoms with E-state index in [1.165, 1.54) is 12.1 Å². The molecule has 0 bridgehead atoms. The Labute approximate surface area is 195 Å². The Kier molecular flexibility index (Phi) is 7.50. The molecule has 1 heterocycles. The third-order valence-electron chi connectivity index (χ3n) is 4.41. The fourth-order valence-corrected chi connectivity index (χ4v) is 3.77. The van der Waals surface area contributed by atoms with Crippen LogP contribution < -0.4 is 20.4 Å². The van der Waals surface area contributed by atoms with Gasteiger partial charge in [-0.05, 0) is 65.7 Å². The maximum atomic E-state index is 12.3. The summed E-state index contributed by atoms with van der Waals surface area (Å²) in [5.41, 5.74) is -0.641. The van der Waals surface area contributed by atoms with Crippen molar-refractivity contribution in [1.29, 1.82) is 0 Å². The van der Waals surface area contributed by atoms with E-state index in [1.54, 1.807) is 30.3 Å². The van der Waals surface area contributed by atoms with Gasteiger partial charge < -0.3 is 19.2 Å². The molecule has 0 radical (unpaired) electrons. The Bertz CT molecular complexity index is 1190. The highest BCUT2D eigenvalue weighted by Gasteiger charge is 2.16. The summed E-state index contributed by atoms with van der Waals surface area (Å²) in [7, 11) is 0. The van der Waals surface area contributed by atoms with Crippen LogP contribution in [0.15, 0.2) is 60.6 Å². The summed E-state index contributed by atoms with van der Waals surface area (Å²) in [5, 5.41) is 3.27. The molecule has 0 aliphatic heterocycles. The average Bonchev–Trinajstić information content (AvgIpc) is 2.72. The molecule has 31 heavy (non-hydrogen) atoms. The van der Waals surface area contributed by atoms with Crippen LogP contribution in [-0.2, 0) is 4.79 Å². The van der Waals surface area contributed by atoms with Crippen molar-refractivity contribution in [3.8, 4) is 11.5 Å². The number of amides is 1. The lowest BCUT2D eigenvalue weighted by molar-refractivity contribution is -0.136. The standard InChI is InChI=1S/C22H19Br2NO6/c1-3-12(2)25-21(27)16-8-13-4-6-15(10-19(13)31-22(16)28)30-20(26)11-29-18-7-5-14(23)9-17(18)24/h4-10,12H,3,11H2,1-2H3,(H,25,27). The fraction of sp³-hybridized carbons (Fsp3) is 0.227. The zero-order chi connectivity index (χ0) is 22.5. The Balaban J connectivity index is 1.70. The van der Waals surface area contributed by atoms with Crippen LogP contribution in [0.3, 0.4) is 0 Å². The van der Waals surface area contributed by atoms with Crippen molar-refractivity contribution in [1.82, 2.24) is 5.32 Å².